The number of hydrogen-bond donors (Lipinski definition) is 0. The van der Waals surface area contributed by atoms with Crippen LogP contribution in [0.4, 0.5) is 10.2 Å². The predicted octanol–water partition coefficient (Wildman–Crippen LogP) is 3.42. The van der Waals surface area contributed by atoms with Crippen LogP contribution in [-0.2, 0) is 11.2 Å². The molecular formula is C15H13FN2O. The van der Waals surface area contributed by atoms with Crippen molar-refractivity contribution in [1.82, 2.24) is 4.98 Å². The van der Waals surface area contributed by atoms with Crippen molar-refractivity contribution in [2.75, 3.05) is 0 Å². The Morgan fingerprint density at radius 1 is 1.16 bits per heavy atom. The number of rotatable bonds is 1. The third kappa shape index (κ3) is 2.47. The van der Waals surface area contributed by atoms with E-state index >= 15 is 0 Å². The van der Waals surface area contributed by atoms with Crippen molar-refractivity contribution < 1.29 is 9.13 Å². The van der Waals surface area contributed by atoms with Gasteiger partial charge in [0.1, 0.15) is 0 Å². The maximum atomic E-state index is 14.4. The lowest BCUT2D eigenvalue weighted by molar-refractivity contribution is -0.0528. The van der Waals surface area contributed by atoms with Crippen LogP contribution in [0.5, 0.6) is 0 Å². The third-order valence-electron chi connectivity index (χ3n) is 2.91. The number of nitrogens with zero attached hydrogens (tertiary/aromatic N) is 2. The van der Waals surface area contributed by atoms with Gasteiger partial charge in [-0.3, -0.25) is 0 Å². The first-order valence-electron chi connectivity index (χ1n) is 6.10. The zero-order chi connectivity index (χ0) is 13.3. The first kappa shape index (κ1) is 11.8. The van der Waals surface area contributed by atoms with Gasteiger partial charge < -0.3 is 4.74 Å². The number of ether oxygens (including phenoxy) is 1. The Bertz CT molecular complexity index is 623. The predicted molar refractivity (Wildman–Crippen MR) is 71.2 cm³/mol. The highest BCUT2D eigenvalue weighted by atomic mass is 19.2. The van der Waals surface area contributed by atoms with E-state index < -0.39 is 5.85 Å². The SMILES string of the molecule is CC1(F)Cc2cccnc2N=C(c2ccccc2)O1. The van der Waals surface area contributed by atoms with Gasteiger partial charge in [-0.05, 0) is 18.2 Å². The van der Waals surface area contributed by atoms with E-state index in [2.05, 4.69) is 9.98 Å². The van der Waals surface area contributed by atoms with Crippen LogP contribution in [0.2, 0.25) is 0 Å². The lowest BCUT2D eigenvalue weighted by Gasteiger charge is -2.20. The van der Waals surface area contributed by atoms with E-state index in [1.165, 1.54) is 6.92 Å². The molecule has 0 bridgehead atoms. The normalized spacial score (nSPS) is 21.9. The molecule has 1 aromatic carbocycles. The summed E-state index contributed by atoms with van der Waals surface area (Å²) in [4.78, 5) is 8.53. The Morgan fingerprint density at radius 2 is 1.95 bits per heavy atom. The third-order valence-corrected chi connectivity index (χ3v) is 2.91. The number of pyridine rings is 1. The maximum Gasteiger partial charge on any atom is 0.251 e. The summed E-state index contributed by atoms with van der Waals surface area (Å²) in [5, 5.41) is 0. The molecule has 19 heavy (non-hydrogen) atoms. The van der Waals surface area contributed by atoms with Gasteiger partial charge in [0.2, 0.25) is 5.90 Å². The van der Waals surface area contributed by atoms with Crippen molar-refractivity contribution in [2.45, 2.75) is 19.2 Å². The van der Waals surface area contributed by atoms with Gasteiger partial charge in [0.15, 0.2) is 5.82 Å². The van der Waals surface area contributed by atoms with Gasteiger partial charge in [-0.1, -0.05) is 24.3 Å². The van der Waals surface area contributed by atoms with E-state index in [-0.39, 0.29) is 12.3 Å². The van der Waals surface area contributed by atoms with E-state index in [9.17, 15) is 4.39 Å². The molecule has 3 nitrogen and oxygen atoms in total. The average Bonchev–Trinajstić information content (AvgIpc) is 2.54. The van der Waals surface area contributed by atoms with Crippen molar-refractivity contribution in [2.24, 2.45) is 4.99 Å². The Balaban J connectivity index is 2.12. The van der Waals surface area contributed by atoms with Gasteiger partial charge in [-0.25, -0.2) is 4.98 Å². The smallest absolute Gasteiger partial charge is 0.251 e. The van der Waals surface area contributed by atoms with Gasteiger partial charge in [0.25, 0.3) is 5.85 Å². The summed E-state index contributed by atoms with van der Waals surface area (Å²) >= 11 is 0. The Morgan fingerprint density at radius 3 is 2.74 bits per heavy atom. The second-order valence-electron chi connectivity index (χ2n) is 4.65. The number of benzene rings is 1. The summed E-state index contributed by atoms with van der Waals surface area (Å²) < 4.78 is 19.8. The van der Waals surface area contributed by atoms with Crippen molar-refractivity contribution in [3.63, 3.8) is 0 Å². The van der Waals surface area contributed by atoms with Crippen LogP contribution < -0.4 is 0 Å². The molecule has 4 heteroatoms. The number of alkyl halides is 1. The molecule has 0 spiro atoms. The summed E-state index contributed by atoms with van der Waals surface area (Å²) in [5.74, 6) is -1.01. The molecule has 2 heterocycles. The molecule has 0 saturated heterocycles. The van der Waals surface area contributed by atoms with Crippen LogP contribution in [0.3, 0.4) is 0 Å². The monoisotopic (exact) mass is 256 g/mol. The molecule has 1 aliphatic heterocycles. The highest BCUT2D eigenvalue weighted by molar-refractivity contribution is 5.96. The number of halogens is 1. The molecule has 1 aromatic heterocycles. The Hall–Kier alpha value is -2.23. The van der Waals surface area contributed by atoms with Crippen LogP contribution in [0.15, 0.2) is 53.7 Å². The topological polar surface area (TPSA) is 34.5 Å². The molecule has 2 aromatic rings. The second kappa shape index (κ2) is 4.46. The highest BCUT2D eigenvalue weighted by Gasteiger charge is 2.32. The van der Waals surface area contributed by atoms with Crippen molar-refractivity contribution in [1.29, 1.82) is 0 Å². The van der Waals surface area contributed by atoms with Gasteiger partial charge in [0.05, 0.1) is 0 Å². The van der Waals surface area contributed by atoms with Crippen LogP contribution in [0, 0.1) is 0 Å². The van der Waals surface area contributed by atoms with Crippen molar-refractivity contribution in [3.8, 4) is 0 Å². The zero-order valence-corrected chi connectivity index (χ0v) is 10.5. The molecule has 1 aliphatic rings. The fraction of sp³-hybridized carbons (Fsp3) is 0.200. The maximum absolute atomic E-state index is 14.4. The summed E-state index contributed by atoms with van der Waals surface area (Å²) in [6.07, 6.45) is 1.78. The molecule has 0 N–H and O–H groups in total. The molecule has 3 rings (SSSR count). The quantitative estimate of drug-likeness (QED) is 0.783. The van der Waals surface area contributed by atoms with E-state index in [1.54, 1.807) is 12.3 Å². The Kier molecular flexibility index (Phi) is 2.78. The lowest BCUT2D eigenvalue weighted by Crippen LogP contribution is -2.28. The van der Waals surface area contributed by atoms with Crippen LogP contribution in [0.25, 0.3) is 0 Å². The number of aromatic nitrogens is 1. The average molecular weight is 256 g/mol. The minimum absolute atomic E-state index is 0.135. The lowest BCUT2D eigenvalue weighted by atomic mass is 10.1. The zero-order valence-electron chi connectivity index (χ0n) is 10.5. The van der Waals surface area contributed by atoms with Crippen molar-refractivity contribution in [3.05, 3.63) is 59.8 Å². The largest absolute Gasteiger partial charge is 0.440 e. The summed E-state index contributed by atoms with van der Waals surface area (Å²) in [7, 11) is 0. The number of fused-ring (bicyclic) bond motifs is 1. The minimum Gasteiger partial charge on any atom is -0.440 e. The summed E-state index contributed by atoms with van der Waals surface area (Å²) in [6, 6.07) is 12.9. The van der Waals surface area contributed by atoms with Gasteiger partial charge in [0, 0.05) is 30.7 Å². The van der Waals surface area contributed by atoms with Crippen LogP contribution in [-0.4, -0.2) is 16.7 Å². The van der Waals surface area contributed by atoms with E-state index in [0.29, 0.717) is 5.82 Å². The molecule has 0 fully saturated rings. The molecule has 1 atom stereocenters. The van der Waals surface area contributed by atoms with E-state index in [1.807, 2.05) is 36.4 Å². The van der Waals surface area contributed by atoms with Crippen LogP contribution in [0.1, 0.15) is 18.1 Å². The first-order valence-corrected chi connectivity index (χ1v) is 6.10. The van der Waals surface area contributed by atoms with E-state index in [0.717, 1.165) is 11.1 Å². The van der Waals surface area contributed by atoms with Crippen molar-refractivity contribution >= 4 is 11.7 Å². The van der Waals surface area contributed by atoms with Gasteiger partial charge >= 0.3 is 0 Å². The van der Waals surface area contributed by atoms with Gasteiger partial charge in [-0.2, -0.15) is 9.38 Å². The number of aliphatic imine (C=N–C) groups is 1. The molecule has 1 unspecified atom stereocenters. The standard InChI is InChI=1S/C15H13FN2O/c1-15(16)10-12-8-5-9-17-13(12)18-14(19-15)11-6-3-2-4-7-11/h2-9H,10H2,1H3. The van der Waals surface area contributed by atoms with Crippen LogP contribution >= 0.6 is 0 Å². The molecular weight excluding hydrogens is 243 g/mol. The molecule has 0 amide bonds. The molecule has 0 saturated carbocycles. The molecule has 0 aliphatic carbocycles. The second-order valence-corrected chi connectivity index (χ2v) is 4.65. The molecule has 96 valence electrons. The fourth-order valence-corrected chi connectivity index (χ4v) is 2.07. The fourth-order valence-electron chi connectivity index (χ4n) is 2.07. The minimum atomic E-state index is -1.79. The Labute approximate surface area is 110 Å². The number of hydrogen-bond acceptors (Lipinski definition) is 3. The molecule has 0 radical (unpaired) electrons. The van der Waals surface area contributed by atoms with E-state index in [4.69, 9.17) is 4.74 Å². The highest BCUT2D eigenvalue weighted by Crippen LogP contribution is 2.30. The summed E-state index contributed by atoms with van der Waals surface area (Å²) in [5.41, 5.74) is 1.49. The van der Waals surface area contributed by atoms with Gasteiger partial charge in [-0.15, -0.1) is 0 Å². The first-order chi connectivity index (χ1) is 9.14. The summed E-state index contributed by atoms with van der Waals surface area (Å²) in [6.45, 7) is 1.41.